The summed E-state index contributed by atoms with van der Waals surface area (Å²) in [6, 6.07) is 8.61. The van der Waals surface area contributed by atoms with E-state index in [1.54, 1.807) is 11.4 Å². The van der Waals surface area contributed by atoms with Crippen LogP contribution in [0.2, 0.25) is 0 Å². The molecule has 25 heavy (non-hydrogen) atoms. The molecular weight excluding hydrogens is 336 g/mol. The second-order valence-electron chi connectivity index (χ2n) is 7.22. The highest BCUT2D eigenvalue weighted by Crippen LogP contribution is 2.19. The molecule has 142 valence electrons. The minimum Gasteiger partial charge on any atom is -0.384 e. The van der Waals surface area contributed by atoms with Gasteiger partial charge in [0.15, 0.2) is 0 Å². The monoisotopic (exact) mass is 368 g/mol. The summed E-state index contributed by atoms with van der Waals surface area (Å²) in [7, 11) is -1.71. The van der Waals surface area contributed by atoms with Gasteiger partial charge in [-0.05, 0) is 48.6 Å². The molecule has 1 heterocycles. The van der Waals surface area contributed by atoms with E-state index in [-0.39, 0.29) is 0 Å². The molecule has 0 aliphatic carbocycles. The molecule has 6 heteroatoms. The number of nitrogens with zero attached hydrogens (tertiary/aromatic N) is 1. The molecule has 1 aliphatic rings. The Balaban J connectivity index is 1.76. The Labute approximate surface area is 152 Å². The van der Waals surface area contributed by atoms with E-state index in [2.05, 4.69) is 42.8 Å². The number of nitrogens with one attached hydrogen (secondary N) is 1. The van der Waals surface area contributed by atoms with E-state index in [0.717, 1.165) is 25.7 Å². The van der Waals surface area contributed by atoms with Crippen molar-refractivity contribution in [2.45, 2.75) is 45.4 Å². The van der Waals surface area contributed by atoms with E-state index in [4.69, 9.17) is 4.74 Å². The molecular formula is C19H32N2O3S. The number of ether oxygens (including phenoxy) is 1. The fraction of sp³-hybridized carbons (Fsp3) is 0.684. The highest BCUT2D eigenvalue weighted by atomic mass is 32.2. The molecule has 1 aliphatic heterocycles. The third-order valence-electron chi connectivity index (χ3n) is 4.80. The van der Waals surface area contributed by atoms with E-state index < -0.39 is 10.2 Å². The zero-order valence-corrected chi connectivity index (χ0v) is 16.5. The van der Waals surface area contributed by atoms with Crippen LogP contribution in [0.5, 0.6) is 0 Å². The molecule has 0 spiro atoms. The molecule has 0 amide bonds. The van der Waals surface area contributed by atoms with E-state index in [1.807, 2.05) is 0 Å². The van der Waals surface area contributed by atoms with Gasteiger partial charge in [-0.3, -0.25) is 0 Å². The maximum absolute atomic E-state index is 12.4. The second kappa shape index (κ2) is 9.67. The third-order valence-corrected chi connectivity index (χ3v) is 6.38. The van der Waals surface area contributed by atoms with Gasteiger partial charge in [-0.2, -0.15) is 12.7 Å². The van der Waals surface area contributed by atoms with Crippen molar-refractivity contribution in [1.29, 1.82) is 0 Å². The number of hydrogen-bond donors (Lipinski definition) is 1. The van der Waals surface area contributed by atoms with Crippen LogP contribution in [-0.4, -0.2) is 46.1 Å². The summed E-state index contributed by atoms with van der Waals surface area (Å²) in [5, 5.41) is 0. The van der Waals surface area contributed by atoms with Gasteiger partial charge in [-0.1, -0.05) is 38.1 Å². The number of aryl methyl sites for hydroxylation is 1. The van der Waals surface area contributed by atoms with Crippen molar-refractivity contribution in [3.63, 3.8) is 0 Å². The summed E-state index contributed by atoms with van der Waals surface area (Å²) in [6.45, 7) is 6.62. The molecule has 0 radical (unpaired) electrons. The van der Waals surface area contributed by atoms with Crippen LogP contribution in [0, 0.1) is 5.92 Å². The Morgan fingerprint density at radius 2 is 2.00 bits per heavy atom. The van der Waals surface area contributed by atoms with Crippen molar-refractivity contribution in [3.05, 3.63) is 35.4 Å². The van der Waals surface area contributed by atoms with Crippen LogP contribution in [0.3, 0.4) is 0 Å². The fourth-order valence-electron chi connectivity index (χ4n) is 3.27. The van der Waals surface area contributed by atoms with Crippen molar-refractivity contribution in [1.82, 2.24) is 9.03 Å². The zero-order valence-electron chi connectivity index (χ0n) is 15.7. The highest BCUT2D eigenvalue weighted by Gasteiger charge is 2.28. The molecule has 0 aromatic heterocycles. The predicted molar refractivity (Wildman–Crippen MR) is 102 cm³/mol. The summed E-state index contributed by atoms with van der Waals surface area (Å²) in [5.74, 6) is 0.835. The number of methoxy groups -OCH3 is 1. The second-order valence-corrected chi connectivity index (χ2v) is 8.98. The standard InChI is InChI=1S/C19H32N2O3S/c1-16(2)19-10-8-17(9-11-19)6-4-12-20-25(22,23)21-13-5-7-18(14-21)15-24-3/h8-11,16,18,20H,4-7,12-15H2,1-3H3. The Morgan fingerprint density at radius 1 is 1.28 bits per heavy atom. The van der Waals surface area contributed by atoms with Gasteiger partial charge in [0.1, 0.15) is 0 Å². The maximum atomic E-state index is 12.4. The number of hydrogen-bond acceptors (Lipinski definition) is 3. The van der Waals surface area contributed by atoms with E-state index in [0.29, 0.717) is 38.1 Å². The van der Waals surface area contributed by atoms with Crippen LogP contribution < -0.4 is 4.72 Å². The quantitative estimate of drug-likeness (QED) is 0.682. The maximum Gasteiger partial charge on any atom is 0.279 e. The van der Waals surface area contributed by atoms with Crippen molar-refractivity contribution in [3.8, 4) is 0 Å². The fourth-order valence-corrected chi connectivity index (χ4v) is 4.63. The number of benzene rings is 1. The Morgan fingerprint density at radius 3 is 2.64 bits per heavy atom. The summed E-state index contributed by atoms with van der Waals surface area (Å²) < 4.78 is 34.4. The predicted octanol–water partition coefficient (Wildman–Crippen LogP) is 2.94. The lowest BCUT2D eigenvalue weighted by atomic mass is 10.0. The topological polar surface area (TPSA) is 58.6 Å². The minimum absolute atomic E-state index is 0.301. The summed E-state index contributed by atoms with van der Waals surface area (Å²) in [4.78, 5) is 0. The summed E-state index contributed by atoms with van der Waals surface area (Å²) in [5.41, 5.74) is 2.59. The number of rotatable bonds is 9. The first-order chi connectivity index (χ1) is 11.9. The molecule has 1 aromatic rings. The van der Waals surface area contributed by atoms with Crippen LogP contribution in [0.4, 0.5) is 0 Å². The lowest BCUT2D eigenvalue weighted by Gasteiger charge is -2.31. The molecule has 2 rings (SSSR count). The van der Waals surface area contributed by atoms with E-state index in [1.165, 1.54) is 11.1 Å². The van der Waals surface area contributed by atoms with Crippen molar-refractivity contribution < 1.29 is 13.2 Å². The lowest BCUT2D eigenvalue weighted by Crippen LogP contribution is -2.46. The first-order valence-electron chi connectivity index (χ1n) is 9.25. The van der Waals surface area contributed by atoms with Gasteiger partial charge < -0.3 is 4.74 Å². The van der Waals surface area contributed by atoms with Gasteiger partial charge in [0.25, 0.3) is 10.2 Å². The SMILES string of the molecule is COCC1CCCN(S(=O)(=O)NCCCc2ccc(C(C)C)cc2)C1. The Bertz CT molecular complexity index is 612. The molecule has 1 fully saturated rings. The molecule has 1 aromatic carbocycles. The van der Waals surface area contributed by atoms with Gasteiger partial charge in [0.2, 0.25) is 0 Å². The van der Waals surface area contributed by atoms with Crippen LogP contribution in [-0.2, 0) is 21.4 Å². The third kappa shape index (κ3) is 6.37. The summed E-state index contributed by atoms with van der Waals surface area (Å²) in [6.07, 6.45) is 3.62. The first kappa shape index (κ1) is 20.4. The Kier molecular flexibility index (Phi) is 7.87. The van der Waals surface area contributed by atoms with Crippen molar-refractivity contribution >= 4 is 10.2 Å². The number of piperidine rings is 1. The van der Waals surface area contributed by atoms with Gasteiger partial charge in [-0.15, -0.1) is 0 Å². The van der Waals surface area contributed by atoms with Crippen molar-refractivity contribution in [2.24, 2.45) is 5.92 Å². The molecule has 1 atom stereocenters. The van der Waals surface area contributed by atoms with Crippen LogP contribution in [0.1, 0.15) is 50.2 Å². The molecule has 0 bridgehead atoms. The lowest BCUT2D eigenvalue weighted by molar-refractivity contribution is 0.118. The van der Waals surface area contributed by atoms with E-state index >= 15 is 0 Å². The molecule has 5 nitrogen and oxygen atoms in total. The normalized spacial score (nSPS) is 19.4. The molecule has 1 unspecified atom stereocenters. The summed E-state index contributed by atoms with van der Waals surface area (Å²) >= 11 is 0. The zero-order chi connectivity index (χ0) is 18.3. The molecule has 1 saturated heterocycles. The van der Waals surface area contributed by atoms with Crippen LogP contribution in [0.15, 0.2) is 24.3 Å². The van der Waals surface area contributed by atoms with Gasteiger partial charge in [0, 0.05) is 26.7 Å². The average molecular weight is 369 g/mol. The Hall–Kier alpha value is -0.950. The minimum atomic E-state index is -3.38. The molecule has 1 N–H and O–H groups in total. The highest BCUT2D eigenvalue weighted by molar-refractivity contribution is 7.87. The van der Waals surface area contributed by atoms with E-state index in [9.17, 15) is 8.42 Å². The molecule has 0 saturated carbocycles. The van der Waals surface area contributed by atoms with Crippen molar-refractivity contribution in [2.75, 3.05) is 33.4 Å². The van der Waals surface area contributed by atoms with Crippen LogP contribution >= 0.6 is 0 Å². The average Bonchev–Trinajstić information content (AvgIpc) is 2.60. The van der Waals surface area contributed by atoms with Crippen LogP contribution in [0.25, 0.3) is 0 Å². The van der Waals surface area contributed by atoms with Gasteiger partial charge >= 0.3 is 0 Å². The van der Waals surface area contributed by atoms with Gasteiger partial charge in [-0.25, -0.2) is 4.72 Å². The first-order valence-corrected chi connectivity index (χ1v) is 10.7. The van der Waals surface area contributed by atoms with Gasteiger partial charge in [0.05, 0.1) is 6.61 Å². The largest absolute Gasteiger partial charge is 0.384 e. The smallest absolute Gasteiger partial charge is 0.279 e.